The zero-order chi connectivity index (χ0) is 20.3. The summed E-state index contributed by atoms with van der Waals surface area (Å²) in [7, 11) is 0. The number of aromatic nitrogens is 3. The fourth-order valence-electron chi connectivity index (χ4n) is 4.67. The number of rotatable bonds is 6. The van der Waals surface area contributed by atoms with E-state index in [-0.39, 0.29) is 17.5 Å². The molecule has 2 aromatic rings. The second-order valence-corrected chi connectivity index (χ2v) is 8.50. The lowest BCUT2D eigenvalue weighted by molar-refractivity contribution is -0.0616. The van der Waals surface area contributed by atoms with Crippen LogP contribution in [0.3, 0.4) is 0 Å². The Balaban J connectivity index is 1.40. The smallest absolute Gasteiger partial charge is 0.387 e. The van der Waals surface area contributed by atoms with Crippen molar-refractivity contribution < 1.29 is 18.3 Å². The zero-order valence-corrected chi connectivity index (χ0v) is 16.5. The third kappa shape index (κ3) is 3.26. The highest BCUT2D eigenvalue weighted by molar-refractivity contribution is 5.64. The first-order valence-electron chi connectivity index (χ1n) is 10.0. The van der Waals surface area contributed by atoms with Crippen LogP contribution in [0.25, 0.3) is 11.3 Å². The minimum atomic E-state index is -2.95. The van der Waals surface area contributed by atoms with E-state index < -0.39 is 6.61 Å². The molecule has 2 unspecified atom stereocenters. The summed E-state index contributed by atoms with van der Waals surface area (Å²) in [5.41, 5.74) is 6.99. The quantitative estimate of drug-likeness (QED) is 0.796. The molecule has 0 aromatic carbocycles. The molecule has 3 aliphatic rings. The Morgan fingerprint density at radius 1 is 1.24 bits per heavy atom. The van der Waals surface area contributed by atoms with Crippen molar-refractivity contribution in [3.63, 3.8) is 0 Å². The number of nitrogens with two attached hydrogens (primary N) is 1. The molecule has 2 N–H and O–H groups in total. The van der Waals surface area contributed by atoms with E-state index in [0.717, 1.165) is 32.1 Å². The number of likely N-dealkylation sites (tertiary alicyclic amines) is 1. The summed E-state index contributed by atoms with van der Waals surface area (Å²) in [6.07, 6.45) is 3.57. The number of hydrogen-bond donors (Lipinski definition) is 1. The molecule has 3 fully saturated rings. The predicted molar refractivity (Wildman–Crippen MR) is 103 cm³/mol. The Hall–Kier alpha value is -2.26. The number of nitrogen functional groups attached to an aromatic ring is 1. The molecule has 0 amide bonds. The maximum atomic E-state index is 12.6. The van der Waals surface area contributed by atoms with E-state index in [9.17, 15) is 8.78 Å². The summed E-state index contributed by atoms with van der Waals surface area (Å²) in [6, 6.07) is 2.52. The molecule has 0 bridgehead atoms. The zero-order valence-electron chi connectivity index (χ0n) is 16.5. The van der Waals surface area contributed by atoms with Gasteiger partial charge in [0.2, 0.25) is 0 Å². The van der Waals surface area contributed by atoms with Crippen LogP contribution in [-0.4, -0.2) is 58.4 Å². The second-order valence-electron chi connectivity index (χ2n) is 8.50. The Morgan fingerprint density at radius 2 is 1.97 bits per heavy atom. The minimum absolute atomic E-state index is 0.0608. The molecule has 0 radical (unpaired) electrons. The average molecular weight is 405 g/mol. The predicted octanol–water partition coefficient (Wildman–Crippen LogP) is 2.75. The van der Waals surface area contributed by atoms with Crippen LogP contribution in [0.4, 0.5) is 14.6 Å². The third-order valence-electron chi connectivity index (χ3n) is 6.31. The maximum Gasteiger partial charge on any atom is 0.387 e. The largest absolute Gasteiger partial charge is 0.431 e. The molecule has 0 spiro atoms. The summed E-state index contributed by atoms with van der Waals surface area (Å²) in [4.78, 5) is 11.4. The van der Waals surface area contributed by atoms with Crippen LogP contribution in [-0.2, 0) is 4.74 Å². The van der Waals surface area contributed by atoms with Gasteiger partial charge in [-0.25, -0.2) is 9.97 Å². The van der Waals surface area contributed by atoms with E-state index in [2.05, 4.69) is 33.0 Å². The molecule has 1 saturated carbocycles. The number of piperidine rings is 1. The highest BCUT2D eigenvalue weighted by Gasteiger charge is 2.58. The van der Waals surface area contributed by atoms with Crippen molar-refractivity contribution in [2.45, 2.75) is 38.5 Å². The van der Waals surface area contributed by atoms with E-state index in [4.69, 9.17) is 15.5 Å². The normalized spacial score (nSPS) is 26.8. The number of hydrogen-bond acceptors (Lipinski definition) is 6. The van der Waals surface area contributed by atoms with E-state index in [1.807, 2.05) is 6.20 Å². The van der Waals surface area contributed by atoms with Crippen LogP contribution >= 0.6 is 0 Å². The fourth-order valence-corrected chi connectivity index (χ4v) is 4.67. The number of halogens is 2. The fraction of sp³-hybridized carbons (Fsp3) is 0.600. The highest BCUT2D eigenvalue weighted by Crippen LogP contribution is 2.56. The molecule has 4 heterocycles. The lowest BCUT2D eigenvalue weighted by atomic mass is 10.2. The van der Waals surface area contributed by atoms with Gasteiger partial charge in [-0.15, -0.1) is 0 Å². The summed E-state index contributed by atoms with van der Waals surface area (Å²) < 4.78 is 37.4. The van der Waals surface area contributed by atoms with E-state index in [1.54, 1.807) is 6.20 Å². The van der Waals surface area contributed by atoms with Gasteiger partial charge >= 0.3 is 6.61 Å². The Labute approximate surface area is 167 Å². The molecule has 29 heavy (non-hydrogen) atoms. The van der Waals surface area contributed by atoms with Crippen molar-refractivity contribution in [2.75, 3.05) is 32.0 Å². The molecule has 2 saturated heterocycles. The first-order valence-corrected chi connectivity index (χ1v) is 10.0. The van der Waals surface area contributed by atoms with Crippen LogP contribution in [0.15, 0.2) is 18.5 Å². The molecule has 2 aliphatic heterocycles. The van der Waals surface area contributed by atoms with Crippen molar-refractivity contribution >= 4 is 5.82 Å². The van der Waals surface area contributed by atoms with E-state index in [0.29, 0.717) is 35.2 Å². The second kappa shape index (κ2) is 6.91. The number of imidazole rings is 1. The van der Waals surface area contributed by atoms with Crippen LogP contribution in [0.1, 0.15) is 31.6 Å². The van der Waals surface area contributed by atoms with Crippen LogP contribution in [0, 0.1) is 11.8 Å². The molecule has 2 aromatic heterocycles. The number of nitrogens with zero attached hydrogens (tertiary/aromatic N) is 4. The molecule has 156 valence electrons. The summed E-state index contributed by atoms with van der Waals surface area (Å²) in [6.45, 7) is 5.19. The van der Waals surface area contributed by atoms with Gasteiger partial charge in [0, 0.05) is 43.0 Å². The van der Waals surface area contributed by atoms with Crippen molar-refractivity contribution in [3.8, 4) is 17.0 Å². The van der Waals surface area contributed by atoms with Crippen molar-refractivity contribution in [3.05, 3.63) is 24.3 Å². The molecule has 5 rings (SSSR count). The Morgan fingerprint density at radius 3 is 2.55 bits per heavy atom. The number of pyridine rings is 1. The molecule has 1 aliphatic carbocycles. The van der Waals surface area contributed by atoms with Crippen molar-refractivity contribution in [1.82, 2.24) is 19.4 Å². The first kappa shape index (κ1) is 18.7. The lowest BCUT2D eigenvalue weighted by Crippen LogP contribution is -2.49. The SMILES string of the molecule is CC(C)c1nc(-c2cnc(N)c(OC(F)F)c2)cn1C1C2CN(C3COC3)CC21. The van der Waals surface area contributed by atoms with Gasteiger partial charge in [-0.2, -0.15) is 8.78 Å². The lowest BCUT2D eigenvalue weighted by Gasteiger charge is -2.36. The number of anilines is 1. The van der Waals surface area contributed by atoms with Crippen LogP contribution in [0.5, 0.6) is 5.75 Å². The maximum absolute atomic E-state index is 12.6. The number of alkyl halides is 2. The molecular weight excluding hydrogens is 380 g/mol. The average Bonchev–Trinajstić information content (AvgIpc) is 2.96. The highest BCUT2D eigenvalue weighted by atomic mass is 19.3. The molecular formula is C20H25F2N5O2. The van der Waals surface area contributed by atoms with Gasteiger partial charge in [0.25, 0.3) is 0 Å². The van der Waals surface area contributed by atoms with E-state index >= 15 is 0 Å². The summed E-state index contributed by atoms with van der Waals surface area (Å²) in [5, 5.41) is 0. The van der Waals surface area contributed by atoms with Gasteiger partial charge in [0.05, 0.1) is 24.9 Å². The van der Waals surface area contributed by atoms with Crippen LogP contribution < -0.4 is 10.5 Å². The summed E-state index contributed by atoms with van der Waals surface area (Å²) >= 11 is 0. The molecule has 7 nitrogen and oxygen atoms in total. The van der Waals surface area contributed by atoms with Gasteiger partial charge in [-0.05, 0) is 17.9 Å². The minimum Gasteiger partial charge on any atom is -0.431 e. The number of fused-ring (bicyclic) bond motifs is 1. The van der Waals surface area contributed by atoms with Gasteiger partial charge in [-0.1, -0.05) is 13.8 Å². The number of ether oxygens (including phenoxy) is 2. The first-order chi connectivity index (χ1) is 13.9. The standard InChI is InChI=1S/C20H25F2N5O2/c1-10(2)19-25-15(11-3-16(29-20(21)22)18(23)24-4-11)7-27(19)17-13-5-26(6-14(13)17)12-8-28-9-12/h3-4,7,10,12-14,17,20H,5-6,8-9H2,1-2H3,(H2,23,24). The Kier molecular flexibility index (Phi) is 4.47. The summed E-state index contributed by atoms with van der Waals surface area (Å²) in [5.74, 6) is 2.34. The van der Waals surface area contributed by atoms with Crippen molar-refractivity contribution in [1.29, 1.82) is 0 Å². The topological polar surface area (TPSA) is 78.4 Å². The van der Waals surface area contributed by atoms with Gasteiger partial charge < -0.3 is 19.8 Å². The molecule has 2 atom stereocenters. The monoisotopic (exact) mass is 405 g/mol. The Bertz CT molecular complexity index is 902. The van der Waals surface area contributed by atoms with Gasteiger partial charge in [-0.3, -0.25) is 4.90 Å². The van der Waals surface area contributed by atoms with E-state index in [1.165, 1.54) is 6.07 Å². The third-order valence-corrected chi connectivity index (χ3v) is 6.31. The van der Waals surface area contributed by atoms with Gasteiger partial charge in [0.15, 0.2) is 11.6 Å². The van der Waals surface area contributed by atoms with Gasteiger partial charge in [0.1, 0.15) is 5.82 Å². The van der Waals surface area contributed by atoms with Crippen LogP contribution in [0.2, 0.25) is 0 Å². The van der Waals surface area contributed by atoms with Crippen molar-refractivity contribution in [2.24, 2.45) is 11.8 Å². The molecule has 9 heteroatoms.